The molecule has 2 N–H and O–H groups in total. The van der Waals surface area contributed by atoms with E-state index < -0.39 is 29.7 Å². The molecular weight excluding hydrogens is 344 g/mol. The van der Waals surface area contributed by atoms with Crippen LogP contribution in [0.5, 0.6) is 0 Å². The molecule has 0 heterocycles. The lowest BCUT2D eigenvalue weighted by Crippen LogP contribution is -2.57. The van der Waals surface area contributed by atoms with Crippen LogP contribution >= 0.6 is 0 Å². The van der Waals surface area contributed by atoms with Crippen LogP contribution in [0.2, 0.25) is 0 Å². The first-order chi connectivity index (χ1) is 12.4. The van der Waals surface area contributed by atoms with Gasteiger partial charge in [0.15, 0.2) is 5.78 Å². The average molecular weight is 376 g/mol. The summed E-state index contributed by atoms with van der Waals surface area (Å²) in [5, 5.41) is 21.6. The minimum absolute atomic E-state index is 0.00361. The van der Waals surface area contributed by atoms with Crippen molar-refractivity contribution in [2.75, 3.05) is 0 Å². The Bertz CT molecular complexity index is 718. The van der Waals surface area contributed by atoms with Gasteiger partial charge in [-0.25, -0.2) is 0 Å². The minimum Gasteiger partial charge on any atom is -0.462 e. The van der Waals surface area contributed by atoms with Gasteiger partial charge < -0.3 is 14.9 Å². The second-order valence-corrected chi connectivity index (χ2v) is 9.55. The molecule has 0 aliphatic heterocycles. The molecule has 6 atom stereocenters. The summed E-state index contributed by atoms with van der Waals surface area (Å²) >= 11 is 0. The zero-order chi connectivity index (χ0) is 20.3. The van der Waals surface area contributed by atoms with Crippen molar-refractivity contribution in [1.82, 2.24) is 0 Å². The van der Waals surface area contributed by atoms with Gasteiger partial charge in [-0.1, -0.05) is 27.4 Å². The summed E-state index contributed by atoms with van der Waals surface area (Å²) in [6.07, 6.45) is 0.0679. The van der Waals surface area contributed by atoms with Gasteiger partial charge in [0.2, 0.25) is 0 Å². The van der Waals surface area contributed by atoms with Crippen molar-refractivity contribution in [2.45, 2.75) is 78.6 Å². The highest BCUT2D eigenvalue weighted by Crippen LogP contribution is 2.58. The van der Waals surface area contributed by atoms with Gasteiger partial charge in [0.25, 0.3) is 0 Å². The van der Waals surface area contributed by atoms with Crippen LogP contribution in [0, 0.1) is 22.7 Å². The SMILES string of the molecule is C=C1[C@@H](O)CC[C@@]2(C)C[C@H](O)C3=C(C)C(=O)C[C@@H]([C@@H](OC(C)=O)[C@H]12)C3(C)C. The standard InChI is InChI=1S/C22H32O5/c1-11-15(24)7-8-22(6)10-17(26)18-12(2)16(25)9-14(21(18,4)5)20(19(11)22)27-13(3)23/h14-15,17,19-20,24,26H,1,7-10H2,2-6H3/t14-,15-,17-,19-,20+,22-/m0/s1. The zero-order valence-electron chi connectivity index (χ0n) is 17.0. The van der Waals surface area contributed by atoms with Gasteiger partial charge in [-0.3, -0.25) is 9.59 Å². The van der Waals surface area contributed by atoms with Crippen LogP contribution in [-0.4, -0.2) is 40.3 Å². The molecule has 5 nitrogen and oxygen atoms in total. The zero-order valence-corrected chi connectivity index (χ0v) is 17.0. The molecule has 0 saturated heterocycles. The Balaban J connectivity index is 2.23. The third kappa shape index (κ3) is 3.09. The number of aliphatic hydroxyl groups is 2. The molecule has 5 heteroatoms. The number of fused-ring (bicyclic) bond motifs is 3. The lowest BCUT2D eigenvalue weighted by molar-refractivity contribution is -0.166. The quantitative estimate of drug-likeness (QED) is 0.543. The Labute approximate surface area is 161 Å². The first-order valence-corrected chi connectivity index (χ1v) is 9.86. The molecular formula is C22H32O5. The molecule has 0 spiro atoms. The molecule has 27 heavy (non-hydrogen) atoms. The van der Waals surface area contributed by atoms with Crippen LogP contribution < -0.4 is 0 Å². The molecule has 0 aromatic carbocycles. The van der Waals surface area contributed by atoms with E-state index in [0.717, 1.165) is 5.57 Å². The smallest absolute Gasteiger partial charge is 0.302 e. The fraction of sp³-hybridized carbons (Fsp3) is 0.727. The number of rotatable bonds is 1. The van der Waals surface area contributed by atoms with Crippen LogP contribution in [0.4, 0.5) is 0 Å². The van der Waals surface area contributed by atoms with Gasteiger partial charge in [-0.15, -0.1) is 0 Å². The first-order valence-electron chi connectivity index (χ1n) is 9.86. The predicted octanol–water partition coefficient (Wildman–Crippen LogP) is 2.95. The maximum Gasteiger partial charge on any atom is 0.302 e. The number of ether oxygens (including phenoxy) is 1. The number of ketones is 1. The monoisotopic (exact) mass is 376 g/mol. The number of aliphatic hydroxyl groups excluding tert-OH is 2. The molecule has 150 valence electrons. The summed E-state index contributed by atoms with van der Waals surface area (Å²) < 4.78 is 5.85. The van der Waals surface area contributed by atoms with Gasteiger partial charge >= 0.3 is 5.97 Å². The molecule has 2 fully saturated rings. The maximum absolute atomic E-state index is 12.7. The Morgan fingerprint density at radius 2 is 1.85 bits per heavy atom. The van der Waals surface area contributed by atoms with Crippen LogP contribution in [0.15, 0.2) is 23.3 Å². The number of carbonyl (C=O) groups is 2. The fourth-order valence-corrected chi connectivity index (χ4v) is 6.06. The number of allylic oxidation sites excluding steroid dienone is 1. The molecule has 3 rings (SSSR count). The predicted molar refractivity (Wildman–Crippen MR) is 102 cm³/mol. The number of Topliss-reactive ketones (excluding diaryl/α,β-unsaturated/α-hetero) is 1. The third-order valence-electron chi connectivity index (χ3n) is 7.44. The minimum atomic E-state index is -0.736. The number of esters is 1. The van der Waals surface area contributed by atoms with E-state index in [1.165, 1.54) is 6.92 Å². The van der Waals surface area contributed by atoms with E-state index in [1.54, 1.807) is 6.92 Å². The lowest BCUT2D eigenvalue weighted by Gasteiger charge is -2.56. The van der Waals surface area contributed by atoms with E-state index in [0.29, 0.717) is 30.4 Å². The molecule has 3 aliphatic rings. The third-order valence-corrected chi connectivity index (χ3v) is 7.44. The summed E-state index contributed by atoms with van der Waals surface area (Å²) in [5.74, 6) is -0.964. The van der Waals surface area contributed by atoms with Crippen LogP contribution in [-0.2, 0) is 14.3 Å². The number of carbonyl (C=O) groups excluding carboxylic acids is 2. The van der Waals surface area contributed by atoms with Crippen molar-refractivity contribution >= 4 is 11.8 Å². The van der Waals surface area contributed by atoms with E-state index in [9.17, 15) is 19.8 Å². The Kier molecular flexibility index (Phi) is 4.92. The van der Waals surface area contributed by atoms with Crippen LogP contribution in [0.25, 0.3) is 0 Å². The molecule has 0 radical (unpaired) electrons. The molecule has 0 amide bonds. The van der Waals surface area contributed by atoms with Gasteiger partial charge in [0, 0.05) is 25.2 Å². The molecule has 2 bridgehead atoms. The molecule has 0 unspecified atom stereocenters. The number of hydrogen-bond acceptors (Lipinski definition) is 5. The summed E-state index contributed by atoms with van der Waals surface area (Å²) in [6, 6.07) is 0. The average Bonchev–Trinajstić information content (AvgIpc) is 2.53. The first kappa shape index (κ1) is 20.3. The second-order valence-electron chi connectivity index (χ2n) is 9.55. The van der Waals surface area contributed by atoms with Crippen molar-refractivity contribution in [3.05, 3.63) is 23.3 Å². The lowest BCUT2D eigenvalue weighted by atomic mass is 9.50. The summed E-state index contributed by atoms with van der Waals surface area (Å²) in [5.41, 5.74) is 1.21. The summed E-state index contributed by atoms with van der Waals surface area (Å²) in [7, 11) is 0. The number of hydrogen-bond donors (Lipinski definition) is 2. The summed E-state index contributed by atoms with van der Waals surface area (Å²) in [6.45, 7) is 13.5. The van der Waals surface area contributed by atoms with Crippen LogP contribution in [0.3, 0.4) is 0 Å². The van der Waals surface area contributed by atoms with Gasteiger partial charge in [-0.05, 0) is 53.7 Å². The van der Waals surface area contributed by atoms with Crippen molar-refractivity contribution in [1.29, 1.82) is 0 Å². The van der Waals surface area contributed by atoms with Crippen LogP contribution in [0.1, 0.15) is 60.3 Å². The highest BCUT2D eigenvalue weighted by atomic mass is 16.5. The normalized spacial score (nSPS) is 41.5. The van der Waals surface area contributed by atoms with Crippen molar-refractivity contribution in [3.63, 3.8) is 0 Å². The van der Waals surface area contributed by atoms with Crippen molar-refractivity contribution in [3.8, 4) is 0 Å². The largest absolute Gasteiger partial charge is 0.462 e. The molecule has 0 aromatic rings. The van der Waals surface area contributed by atoms with Crippen molar-refractivity contribution < 1.29 is 24.5 Å². The summed E-state index contributed by atoms with van der Waals surface area (Å²) in [4.78, 5) is 24.7. The maximum atomic E-state index is 12.7. The molecule has 2 saturated carbocycles. The molecule has 0 aromatic heterocycles. The van der Waals surface area contributed by atoms with Crippen molar-refractivity contribution in [2.24, 2.45) is 22.7 Å². The molecule has 3 aliphatic carbocycles. The highest BCUT2D eigenvalue weighted by molar-refractivity contribution is 5.97. The fourth-order valence-electron chi connectivity index (χ4n) is 6.06. The highest BCUT2D eigenvalue weighted by Gasteiger charge is 2.58. The Hall–Kier alpha value is -1.46. The second kappa shape index (κ2) is 6.56. The van der Waals surface area contributed by atoms with Gasteiger partial charge in [0.1, 0.15) is 6.10 Å². The van der Waals surface area contributed by atoms with Gasteiger partial charge in [-0.2, -0.15) is 0 Å². The Morgan fingerprint density at radius 1 is 1.22 bits per heavy atom. The van der Waals surface area contributed by atoms with E-state index in [4.69, 9.17) is 4.74 Å². The van der Waals surface area contributed by atoms with E-state index in [-0.39, 0.29) is 29.5 Å². The van der Waals surface area contributed by atoms with E-state index in [1.807, 2.05) is 13.8 Å². The van der Waals surface area contributed by atoms with Gasteiger partial charge in [0.05, 0.1) is 12.2 Å². The topological polar surface area (TPSA) is 83.8 Å². The van der Waals surface area contributed by atoms with E-state index in [2.05, 4.69) is 13.5 Å². The van der Waals surface area contributed by atoms with E-state index >= 15 is 0 Å². The Morgan fingerprint density at radius 3 is 2.44 bits per heavy atom.